The topological polar surface area (TPSA) is 109 Å². The van der Waals surface area contributed by atoms with Crippen molar-refractivity contribution in [3.05, 3.63) is 58.9 Å². The molecule has 2 aromatic carbocycles. The van der Waals surface area contributed by atoms with Crippen LogP contribution in [-0.4, -0.2) is 42.1 Å². The predicted molar refractivity (Wildman–Crippen MR) is 103 cm³/mol. The van der Waals surface area contributed by atoms with Crippen molar-refractivity contribution >= 4 is 37.4 Å². The summed E-state index contributed by atoms with van der Waals surface area (Å²) in [7, 11) is -7.68. The Bertz CT molecular complexity index is 1070. The molecule has 0 fully saturated rings. The van der Waals surface area contributed by atoms with Gasteiger partial charge in [0.25, 0.3) is 0 Å². The van der Waals surface area contributed by atoms with E-state index >= 15 is 0 Å². The molecule has 0 aliphatic rings. The second kappa shape index (κ2) is 8.99. The molecule has 0 spiro atoms. The van der Waals surface area contributed by atoms with Crippen LogP contribution in [0.3, 0.4) is 0 Å². The fourth-order valence-corrected chi connectivity index (χ4v) is 4.51. The number of benzene rings is 2. The SMILES string of the molecule is CS(=O)(=O)c1ccc(Cl)c(S(=O)(=O)NCCNC(=O)Cc2ccc(F)cc2)c1. The highest BCUT2D eigenvalue weighted by Crippen LogP contribution is 2.24. The molecule has 152 valence electrons. The van der Waals surface area contributed by atoms with E-state index in [1.807, 2.05) is 0 Å². The van der Waals surface area contributed by atoms with Crippen LogP contribution in [-0.2, 0) is 31.1 Å². The molecule has 0 radical (unpaired) electrons. The van der Waals surface area contributed by atoms with Crippen LogP contribution >= 0.6 is 11.6 Å². The average molecular weight is 449 g/mol. The lowest BCUT2D eigenvalue weighted by atomic mass is 10.1. The first-order chi connectivity index (χ1) is 13.0. The van der Waals surface area contributed by atoms with Crippen molar-refractivity contribution < 1.29 is 26.0 Å². The van der Waals surface area contributed by atoms with Crippen molar-refractivity contribution in [1.82, 2.24) is 10.0 Å². The van der Waals surface area contributed by atoms with Gasteiger partial charge in [-0.3, -0.25) is 4.79 Å². The monoisotopic (exact) mass is 448 g/mol. The third-order valence-electron chi connectivity index (χ3n) is 3.64. The Morgan fingerprint density at radius 1 is 1.04 bits per heavy atom. The second-order valence-corrected chi connectivity index (χ2v) is 10.1. The summed E-state index contributed by atoms with van der Waals surface area (Å²) in [5, 5.41) is 2.41. The molecule has 0 aliphatic heterocycles. The highest BCUT2D eigenvalue weighted by atomic mass is 35.5. The molecule has 0 bridgehead atoms. The average Bonchev–Trinajstić information content (AvgIpc) is 2.60. The smallest absolute Gasteiger partial charge is 0.242 e. The van der Waals surface area contributed by atoms with Crippen molar-refractivity contribution in [2.24, 2.45) is 0 Å². The predicted octanol–water partition coefficient (Wildman–Crippen LogP) is 1.52. The lowest BCUT2D eigenvalue weighted by Gasteiger charge is -2.10. The molecule has 0 aliphatic carbocycles. The van der Waals surface area contributed by atoms with Gasteiger partial charge in [0, 0.05) is 19.3 Å². The number of nitrogens with one attached hydrogen (secondary N) is 2. The van der Waals surface area contributed by atoms with E-state index in [1.54, 1.807) is 0 Å². The summed E-state index contributed by atoms with van der Waals surface area (Å²) in [5.41, 5.74) is 0.615. The van der Waals surface area contributed by atoms with Gasteiger partial charge >= 0.3 is 0 Å². The summed E-state index contributed by atoms with van der Waals surface area (Å²) in [5.74, 6) is -0.764. The second-order valence-electron chi connectivity index (χ2n) is 5.92. The summed E-state index contributed by atoms with van der Waals surface area (Å²) in [6.07, 6.45) is 0.978. The highest BCUT2D eigenvalue weighted by molar-refractivity contribution is 7.91. The summed E-state index contributed by atoms with van der Waals surface area (Å²) in [4.78, 5) is 11.3. The Kier molecular flexibility index (Phi) is 7.16. The first-order valence-corrected chi connectivity index (χ1v) is 11.7. The number of sulfone groups is 1. The highest BCUT2D eigenvalue weighted by Gasteiger charge is 2.20. The van der Waals surface area contributed by atoms with Crippen LogP contribution < -0.4 is 10.0 Å². The first-order valence-electron chi connectivity index (χ1n) is 7.99. The number of carbonyl (C=O) groups is 1. The van der Waals surface area contributed by atoms with E-state index in [9.17, 15) is 26.0 Å². The molecule has 2 N–H and O–H groups in total. The Labute approximate surface area is 167 Å². The fraction of sp³-hybridized carbons (Fsp3) is 0.235. The van der Waals surface area contributed by atoms with Crippen LogP contribution in [0.5, 0.6) is 0 Å². The zero-order chi connectivity index (χ0) is 20.9. The third kappa shape index (κ3) is 6.26. The van der Waals surface area contributed by atoms with E-state index < -0.39 is 25.7 Å². The number of halogens is 2. The summed E-state index contributed by atoms with van der Waals surface area (Å²) in [6, 6.07) is 8.83. The van der Waals surface area contributed by atoms with Gasteiger partial charge in [-0.1, -0.05) is 23.7 Å². The number of amides is 1. The zero-order valence-corrected chi connectivity index (χ0v) is 17.2. The molecular formula is C17H18ClFN2O5S2. The summed E-state index contributed by atoms with van der Waals surface area (Å²) >= 11 is 5.89. The molecule has 1 amide bonds. The lowest BCUT2D eigenvalue weighted by Crippen LogP contribution is -2.35. The van der Waals surface area contributed by atoms with Gasteiger partial charge in [-0.05, 0) is 35.9 Å². The van der Waals surface area contributed by atoms with Crippen LogP contribution in [0.2, 0.25) is 5.02 Å². The number of hydrogen-bond acceptors (Lipinski definition) is 5. The summed E-state index contributed by atoms with van der Waals surface area (Å²) < 4.78 is 63.0. The minimum Gasteiger partial charge on any atom is -0.355 e. The van der Waals surface area contributed by atoms with Gasteiger partial charge in [0.15, 0.2) is 9.84 Å². The first kappa shape index (κ1) is 22.3. The zero-order valence-electron chi connectivity index (χ0n) is 14.8. The molecular weight excluding hydrogens is 431 g/mol. The van der Waals surface area contributed by atoms with Gasteiger partial charge in [-0.2, -0.15) is 0 Å². The molecule has 0 unspecified atom stereocenters. The molecule has 0 saturated carbocycles. The van der Waals surface area contributed by atoms with E-state index in [-0.39, 0.29) is 40.2 Å². The Balaban J connectivity index is 1.93. The van der Waals surface area contributed by atoms with Gasteiger partial charge in [0.1, 0.15) is 10.7 Å². The minimum absolute atomic E-state index is 0.00262. The van der Waals surface area contributed by atoms with Crippen LogP contribution in [0.15, 0.2) is 52.3 Å². The largest absolute Gasteiger partial charge is 0.355 e. The van der Waals surface area contributed by atoms with Gasteiger partial charge in [-0.15, -0.1) is 0 Å². The molecule has 28 heavy (non-hydrogen) atoms. The van der Waals surface area contributed by atoms with Gasteiger partial charge in [0.2, 0.25) is 15.9 Å². The third-order valence-corrected chi connectivity index (χ3v) is 6.69. The molecule has 2 rings (SSSR count). The maximum absolute atomic E-state index is 12.8. The maximum atomic E-state index is 12.8. The summed E-state index contributed by atoms with van der Waals surface area (Å²) in [6.45, 7) is -0.125. The van der Waals surface area contributed by atoms with Crippen LogP contribution in [0.1, 0.15) is 5.56 Å². The fourth-order valence-electron chi connectivity index (χ4n) is 2.24. The van der Waals surface area contributed by atoms with Crippen LogP contribution in [0.25, 0.3) is 0 Å². The van der Waals surface area contributed by atoms with Crippen molar-refractivity contribution in [1.29, 1.82) is 0 Å². The Hall–Kier alpha value is -2.01. The van der Waals surface area contributed by atoms with E-state index in [4.69, 9.17) is 11.6 Å². The molecule has 0 atom stereocenters. The van der Waals surface area contributed by atoms with E-state index in [1.165, 1.54) is 36.4 Å². The van der Waals surface area contributed by atoms with Crippen molar-refractivity contribution in [3.63, 3.8) is 0 Å². The molecule has 2 aromatic rings. The van der Waals surface area contributed by atoms with Crippen molar-refractivity contribution in [2.75, 3.05) is 19.3 Å². The number of rotatable bonds is 8. The lowest BCUT2D eigenvalue weighted by molar-refractivity contribution is -0.120. The molecule has 11 heteroatoms. The number of sulfonamides is 1. The van der Waals surface area contributed by atoms with Crippen molar-refractivity contribution in [3.8, 4) is 0 Å². The molecule has 0 heterocycles. The normalized spacial score (nSPS) is 12.0. The quantitative estimate of drug-likeness (QED) is 0.595. The number of carbonyl (C=O) groups excluding carboxylic acids is 1. The Morgan fingerprint density at radius 2 is 1.68 bits per heavy atom. The van der Waals surface area contributed by atoms with E-state index in [0.717, 1.165) is 12.3 Å². The standard InChI is InChI=1S/C17H18ClFN2O5S2/c1-27(23,24)14-6-7-15(18)16(11-14)28(25,26)21-9-8-20-17(22)10-12-2-4-13(19)5-3-12/h2-7,11,21H,8-10H2,1H3,(H,20,22). The van der Waals surface area contributed by atoms with E-state index in [0.29, 0.717) is 5.56 Å². The number of hydrogen-bond donors (Lipinski definition) is 2. The molecule has 0 aromatic heterocycles. The van der Waals surface area contributed by atoms with Crippen LogP contribution in [0, 0.1) is 5.82 Å². The van der Waals surface area contributed by atoms with Crippen molar-refractivity contribution in [2.45, 2.75) is 16.2 Å². The van der Waals surface area contributed by atoms with E-state index in [2.05, 4.69) is 10.0 Å². The molecule has 7 nitrogen and oxygen atoms in total. The molecule has 0 saturated heterocycles. The van der Waals surface area contributed by atoms with Gasteiger partial charge in [-0.25, -0.2) is 25.9 Å². The Morgan fingerprint density at radius 3 is 2.29 bits per heavy atom. The minimum atomic E-state index is -4.07. The van der Waals surface area contributed by atoms with Gasteiger partial charge < -0.3 is 5.32 Å². The van der Waals surface area contributed by atoms with Gasteiger partial charge in [0.05, 0.1) is 16.3 Å². The van der Waals surface area contributed by atoms with Crippen LogP contribution in [0.4, 0.5) is 4.39 Å². The maximum Gasteiger partial charge on any atom is 0.242 e.